The Morgan fingerprint density at radius 1 is 1.14 bits per heavy atom. The van der Waals surface area contributed by atoms with Crippen LogP contribution in [0.5, 0.6) is 0 Å². The minimum Gasteiger partial charge on any atom is -0.356 e. The van der Waals surface area contributed by atoms with E-state index in [1.54, 1.807) is 17.5 Å². The van der Waals surface area contributed by atoms with Crippen molar-refractivity contribution in [2.45, 2.75) is 25.6 Å². The van der Waals surface area contributed by atoms with Gasteiger partial charge >= 0.3 is 0 Å². The summed E-state index contributed by atoms with van der Waals surface area (Å²) in [6.07, 6.45) is 6.17. The molecule has 8 heteroatoms. The fourth-order valence-corrected chi connectivity index (χ4v) is 4.77. The number of hydrogen-bond acceptors (Lipinski definition) is 7. The number of rotatable bonds is 3. The average Bonchev–Trinajstić information content (AvgIpc) is 3.35. The Bertz CT molecular complexity index is 965. The fourth-order valence-electron chi connectivity index (χ4n) is 3.74. The van der Waals surface area contributed by atoms with E-state index in [1.807, 2.05) is 41.6 Å². The molecule has 150 valence electrons. The standard InChI is InChI=1S/C21H22FN5OS/c22-16-5-8-26(12-16)20-4-3-15(10-24-20)21-25-18-6-9-27(14-28-13-19(18)29-21)17-2-1-7-23-11-17/h1-4,7,10-11,16H,5-6,8-9,12-14H2. The molecule has 1 unspecified atom stereocenters. The molecule has 0 saturated carbocycles. The molecule has 0 radical (unpaired) electrons. The Morgan fingerprint density at radius 3 is 2.86 bits per heavy atom. The molecule has 0 aromatic carbocycles. The molecule has 0 aliphatic carbocycles. The molecule has 0 bridgehead atoms. The first-order valence-corrected chi connectivity index (χ1v) is 10.6. The summed E-state index contributed by atoms with van der Waals surface area (Å²) in [5.74, 6) is 0.833. The number of anilines is 2. The molecule has 6 nitrogen and oxygen atoms in total. The lowest BCUT2D eigenvalue weighted by atomic mass is 10.2. The van der Waals surface area contributed by atoms with E-state index in [2.05, 4.69) is 14.9 Å². The maximum absolute atomic E-state index is 13.4. The third-order valence-corrected chi connectivity index (χ3v) is 6.46. The minimum atomic E-state index is -0.749. The highest BCUT2D eigenvalue weighted by atomic mass is 32.1. The highest BCUT2D eigenvalue weighted by molar-refractivity contribution is 7.15. The van der Waals surface area contributed by atoms with E-state index < -0.39 is 6.17 Å². The Balaban J connectivity index is 1.32. The molecule has 3 aromatic heterocycles. The quantitative estimate of drug-likeness (QED) is 0.655. The third kappa shape index (κ3) is 3.95. The molecule has 0 N–H and O–H groups in total. The van der Waals surface area contributed by atoms with Gasteiger partial charge in [-0.25, -0.2) is 14.4 Å². The summed E-state index contributed by atoms with van der Waals surface area (Å²) in [5.41, 5.74) is 3.14. The van der Waals surface area contributed by atoms with Crippen molar-refractivity contribution in [3.05, 3.63) is 53.4 Å². The predicted molar refractivity (Wildman–Crippen MR) is 112 cm³/mol. The van der Waals surface area contributed by atoms with Gasteiger partial charge < -0.3 is 14.5 Å². The van der Waals surface area contributed by atoms with Crippen LogP contribution in [0.4, 0.5) is 15.9 Å². The molecule has 1 fully saturated rings. The number of aromatic nitrogens is 3. The molecule has 2 aliphatic rings. The number of nitrogens with zero attached hydrogens (tertiary/aromatic N) is 5. The lowest BCUT2D eigenvalue weighted by Crippen LogP contribution is -2.30. The van der Waals surface area contributed by atoms with E-state index in [4.69, 9.17) is 9.72 Å². The van der Waals surface area contributed by atoms with Gasteiger partial charge in [0, 0.05) is 37.5 Å². The SMILES string of the molecule is FC1CCN(c2ccc(-c3nc4c(s3)COCN(c3cccnc3)CC4)cn2)C1. The molecule has 0 spiro atoms. The van der Waals surface area contributed by atoms with Crippen molar-refractivity contribution < 1.29 is 9.13 Å². The summed E-state index contributed by atoms with van der Waals surface area (Å²) in [7, 11) is 0. The summed E-state index contributed by atoms with van der Waals surface area (Å²) in [6.45, 7) is 3.09. The fraction of sp³-hybridized carbons (Fsp3) is 0.381. The summed E-state index contributed by atoms with van der Waals surface area (Å²) in [5, 5.41) is 0.956. The average molecular weight is 412 g/mol. The summed E-state index contributed by atoms with van der Waals surface area (Å²) in [6, 6.07) is 7.98. The molecule has 1 saturated heterocycles. The second-order valence-corrected chi connectivity index (χ2v) is 8.41. The number of halogens is 1. The van der Waals surface area contributed by atoms with Crippen molar-refractivity contribution in [2.24, 2.45) is 0 Å². The second kappa shape index (κ2) is 8.04. The van der Waals surface area contributed by atoms with Crippen LogP contribution in [0.2, 0.25) is 0 Å². The molecule has 2 aliphatic heterocycles. The van der Waals surface area contributed by atoms with E-state index in [9.17, 15) is 4.39 Å². The molecule has 0 amide bonds. The topological polar surface area (TPSA) is 54.4 Å². The van der Waals surface area contributed by atoms with Gasteiger partial charge in [-0.15, -0.1) is 11.3 Å². The van der Waals surface area contributed by atoms with Crippen molar-refractivity contribution in [3.63, 3.8) is 0 Å². The van der Waals surface area contributed by atoms with Gasteiger partial charge in [0.2, 0.25) is 0 Å². The highest BCUT2D eigenvalue weighted by Gasteiger charge is 2.23. The number of hydrogen-bond donors (Lipinski definition) is 0. The summed E-state index contributed by atoms with van der Waals surface area (Å²) in [4.78, 5) is 19.0. The van der Waals surface area contributed by atoms with Crippen LogP contribution in [0.3, 0.4) is 0 Å². The van der Waals surface area contributed by atoms with Gasteiger partial charge in [0.25, 0.3) is 0 Å². The van der Waals surface area contributed by atoms with Gasteiger partial charge in [-0.3, -0.25) is 4.98 Å². The lowest BCUT2D eigenvalue weighted by molar-refractivity contribution is 0.119. The molecule has 3 aromatic rings. The van der Waals surface area contributed by atoms with Gasteiger partial charge in [0.05, 0.1) is 35.6 Å². The monoisotopic (exact) mass is 411 g/mol. The Labute approximate surface area is 173 Å². The van der Waals surface area contributed by atoms with Crippen LogP contribution in [0.1, 0.15) is 17.0 Å². The molecule has 1 atom stereocenters. The lowest BCUT2D eigenvalue weighted by Gasteiger charge is -2.25. The zero-order valence-corrected chi connectivity index (χ0v) is 16.8. The number of thiazole rings is 1. The first-order chi connectivity index (χ1) is 14.3. The highest BCUT2D eigenvalue weighted by Crippen LogP contribution is 2.31. The van der Waals surface area contributed by atoms with Crippen LogP contribution in [-0.4, -0.2) is 47.5 Å². The largest absolute Gasteiger partial charge is 0.356 e. The van der Waals surface area contributed by atoms with E-state index in [0.717, 1.165) is 47.3 Å². The van der Waals surface area contributed by atoms with Crippen molar-refractivity contribution in [1.82, 2.24) is 15.0 Å². The first kappa shape index (κ1) is 18.4. The maximum atomic E-state index is 13.4. The first-order valence-electron chi connectivity index (χ1n) is 9.83. The Morgan fingerprint density at radius 2 is 2.10 bits per heavy atom. The molecular weight excluding hydrogens is 389 g/mol. The minimum absolute atomic E-state index is 0.433. The van der Waals surface area contributed by atoms with Gasteiger partial charge in [-0.05, 0) is 30.7 Å². The van der Waals surface area contributed by atoms with Gasteiger partial charge in [0.15, 0.2) is 0 Å². The number of fused-ring (bicyclic) bond motifs is 1. The van der Waals surface area contributed by atoms with Crippen molar-refractivity contribution in [1.29, 1.82) is 0 Å². The number of alkyl halides is 1. The zero-order chi connectivity index (χ0) is 19.6. The van der Waals surface area contributed by atoms with Crippen molar-refractivity contribution in [2.75, 3.05) is 36.2 Å². The van der Waals surface area contributed by atoms with Crippen LogP contribution in [0, 0.1) is 0 Å². The van der Waals surface area contributed by atoms with Crippen LogP contribution in [0.15, 0.2) is 42.9 Å². The van der Waals surface area contributed by atoms with Crippen molar-refractivity contribution >= 4 is 22.8 Å². The number of pyridine rings is 2. The number of ether oxygens (including phenoxy) is 1. The van der Waals surface area contributed by atoms with Gasteiger partial charge in [-0.2, -0.15) is 0 Å². The van der Waals surface area contributed by atoms with Crippen LogP contribution in [-0.2, 0) is 17.8 Å². The second-order valence-electron chi connectivity index (χ2n) is 7.33. The van der Waals surface area contributed by atoms with Crippen LogP contribution < -0.4 is 9.80 Å². The van der Waals surface area contributed by atoms with E-state index in [0.29, 0.717) is 26.3 Å². The predicted octanol–water partition coefficient (Wildman–Crippen LogP) is 3.69. The normalized spacial score (nSPS) is 19.7. The smallest absolute Gasteiger partial charge is 0.128 e. The maximum Gasteiger partial charge on any atom is 0.128 e. The summed E-state index contributed by atoms with van der Waals surface area (Å²) >= 11 is 1.67. The molecular formula is C21H22FN5OS. The van der Waals surface area contributed by atoms with Crippen molar-refractivity contribution in [3.8, 4) is 10.6 Å². The van der Waals surface area contributed by atoms with Gasteiger partial charge in [0.1, 0.15) is 23.7 Å². The molecule has 5 rings (SSSR count). The van der Waals surface area contributed by atoms with E-state index >= 15 is 0 Å². The van der Waals surface area contributed by atoms with Crippen LogP contribution in [0.25, 0.3) is 10.6 Å². The Hall–Kier alpha value is -2.58. The summed E-state index contributed by atoms with van der Waals surface area (Å²) < 4.78 is 19.4. The molecule has 5 heterocycles. The van der Waals surface area contributed by atoms with Crippen LogP contribution >= 0.6 is 11.3 Å². The zero-order valence-electron chi connectivity index (χ0n) is 16.0. The van der Waals surface area contributed by atoms with E-state index in [1.165, 1.54) is 4.88 Å². The third-order valence-electron chi connectivity index (χ3n) is 5.34. The van der Waals surface area contributed by atoms with Gasteiger partial charge in [-0.1, -0.05) is 0 Å². The van der Waals surface area contributed by atoms with E-state index in [-0.39, 0.29) is 0 Å². The molecule has 29 heavy (non-hydrogen) atoms. The Kier molecular flexibility index (Phi) is 5.12.